The maximum Gasteiger partial charge on any atom is 0.334 e. The molecular formula is C29H29NO5. The zero-order chi connectivity index (χ0) is 25.7. The Kier molecular flexibility index (Phi) is 6.01. The molecule has 0 bridgehead atoms. The van der Waals surface area contributed by atoms with Gasteiger partial charge in [0.15, 0.2) is 11.2 Å². The zero-order valence-corrected chi connectivity index (χ0v) is 20.8. The van der Waals surface area contributed by atoms with E-state index < -0.39 is 11.9 Å². The Morgan fingerprint density at radius 1 is 0.943 bits per heavy atom. The van der Waals surface area contributed by atoms with E-state index in [1.54, 1.807) is 51.1 Å². The van der Waals surface area contributed by atoms with E-state index >= 15 is 0 Å². The van der Waals surface area contributed by atoms with E-state index in [4.69, 9.17) is 4.42 Å². The number of fused-ring (bicyclic) bond motifs is 1. The number of ketones is 1. The Morgan fingerprint density at radius 3 is 2.17 bits per heavy atom. The second-order valence-electron chi connectivity index (χ2n) is 10.0. The smallest absolute Gasteiger partial charge is 0.334 e. The van der Waals surface area contributed by atoms with Crippen molar-refractivity contribution in [2.75, 3.05) is 0 Å². The van der Waals surface area contributed by atoms with Gasteiger partial charge in [0.05, 0.1) is 16.9 Å². The molecule has 1 aliphatic heterocycles. The summed E-state index contributed by atoms with van der Waals surface area (Å²) in [5.41, 5.74) is 3.38. The number of carbonyl (C=O) groups is 2. The van der Waals surface area contributed by atoms with Crippen LogP contribution in [0.4, 0.5) is 0 Å². The number of carboxylic acid groups (broad SMARTS) is 1. The highest BCUT2D eigenvalue weighted by molar-refractivity contribution is 6.12. The lowest BCUT2D eigenvalue weighted by atomic mass is 9.77. The van der Waals surface area contributed by atoms with E-state index in [2.05, 4.69) is 26.1 Å². The number of rotatable bonds is 4. The third-order valence-corrected chi connectivity index (χ3v) is 6.47. The number of hydrogen-bond donors (Lipinski definition) is 2. The van der Waals surface area contributed by atoms with Crippen LogP contribution in [0.3, 0.4) is 0 Å². The number of allylic oxidation sites excluding steroid dienone is 3. The first-order valence-corrected chi connectivity index (χ1v) is 11.5. The number of carbonyl (C=O) groups excluding carboxylic acids is 1. The highest BCUT2D eigenvalue weighted by Crippen LogP contribution is 2.42. The first kappa shape index (κ1) is 24.2. The van der Waals surface area contributed by atoms with E-state index in [1.165, 1.54) is 6.07 Å². The number of aryl methyl sites for hydroxylation is 1. The van der Waals surface area contributed by atoms with Crippen molar-refractivity contribution < 1.29 is 19.1 Å². The molecule has 0 amide bonds. The van der Waals surface area contributed by atoms with Crippen molar-refractivity contribution in [2.24, 2.45) is 0 Å². The standard InChI is InChI=1S/C29H29NO5/c1-15-14-22(31)20-8-7-9-21(27(20)35-15)25-23(16(2)30-17(3)24(25)28(33)34)26(32)18-10-12-19(13-11-18)29(4,5)6/h7-14,25,30H,1-6H3,(H,33,34). The molecule has 3 aromatic rings. The lowest BCUT2D eigenvalue weighted by Crippen LogP contribution is -2.31. The summed E-state index contributed by atoms with van der Waals surface area (Å²) in [6.07, 6.45) is 0. The number of benzene rings is 2. The summed E-state index contributed by atoms with van der Waals surface area (Å²) >= 11 is 0. The van der Waals surface area contributed by atoms with E-state index in [0.29, 0.717) is 39.2 Å². The summed E-state index contributed by atoms with van der Waals surface area (Å²) < 4.78 is 5.94. The van der Waals surface area contributed by atoms with E-state index in [9.17, 15) is 19.5 Å². The van der Waals surface area contributed by atoms with Crippen LogP contribution in [0.2, 0.25) is 0 Å². The van der Waals surface area contributed by atoms with Gasteiger partial charge in [0.1, 0.15) is 11.3 Å². The van der Waals surface area contributed by atoms with Crippen LogP contribution in [-0.2, 0) is 10.2 Å². The Labute approximate surface area is 204 Å². The molecular weight excluding hydrogens is 442 g/mol. The molecule has 0 fully saturated rings. The SMILES string of the molecule is CC1=C(C(=O)O)C(c2cccc3c(=O)cc(C)oc23)C(C(=O)c2ccc(C(C)(C)C)cc2)=C(C)N1. The molecule has 2 N–H and O–H groups in total. The molecule has 0 saturated carbocycles. The fraction of sp³-hybridized carbons (Fsp3) is 0.276. The third kappa shape index (κ3) is 4.32. The predicted octanol–water partition coefficient (Wildman–Crippen LogP) is 5.60. The van der Waals surface area contributed by atoms with Gasteiger partial charge >= 0.3 is 5.97 Å². The molecule has 2 heterocycles. The lowest BCUT2D eigenvalue weighted by molar-refractivity contribution is -0.133. The van der Waals surface area contributed by atoms with Gasteiger partial charge in [-0.15, -0.1) is 0 Å². The van der Waals surface area contributed by atoms with Gasteiger partial charge in [-0.2, -0.15) is 0 Å². The number of aliphatic carboxylic acids is 1. The first-order valence-electron chi connectivity index (χ1n) is 11.5. The van der Waals surface area contributed by atoms with E-state index in [0.717, 1.165) is 5.56 Å². The number of dihydropyridines is 1. The predicted molar refractivity (Wildman–Crippen MR) is 136 cm³/mol. The van der Waals surface area contributed by atoms with Gasteiger partial charge < -0.3 is 14.8 Å². The number of hydrogen-bond acceptors (Lipinski definition) is 5. The van der Waals surface area contributed by atoms with Gasteiger partial charge in [0.2, 0.25) is 0 Å². The van der Waals surface area contributed by atoms with Gasteiger partial charge in [-0.05, 0) is 37.8 Å². The molecule has 0 spiro atoms. The van der Waals surface area contributed by atoms with Crippen LogP contribution >= 0.6 is 0 Å². The topological polar surface area (TPSA) is 96.6 Å². The van der Waals surface area contributed by atoms with Crippen molar-refractivity contribution in [3.8, 4) is 0 Å². The molecule has 0 radical (unpaired) electrons. The van der Waals surface area contributed by atoms with Crippen molar-refractivity contribution >= 4 is 22.7 Å². The largest absolute Gasteiger partial charge is 0.478 e. The molecule has 1 aromatic heterocycles. The second kappa shape index (κ2) is 8.69. The van der Waals surface area contributed by atoms with Crippen LogP contribution in [0, 0.1) is 6.92 Å². The van der Waals surface area contributed by atoms with Gasteiger partial charge in [-0.1, -0.05) is 57.2 Å². The molecule has 2 aromatic carbocycles. The Hall–Kier alpha value is -3.93. The van der Waals surface area contributed by atoms with E-state index in [-0.39, 0.29) is 27.8 Å². The van der Waals surface area contributed by atoms with Gasteiger partial charge in [0.25, 0.3) is 0 Å². The average Bonchev–Trinajstić information content (AvgIpc) is 2.77. The second-order valence-corrected chi connectivity index (χ2v) is 10.0. The molecule has 35 heavy (non-hydrogen) atoms. The van der Waals surface area contributed by atoms with Crippen LogP contribution in [0.25, 0.3) is 11.0 Å². The summed E-state index contributed by atoms with van der Waals surface area (Å²) in [6, 6.07) is 13.9. The minimum atomic E-state index is -1.15. The van der Waals surface area contributed by atoms with E-state index in [1.807, 2.05) is 12.1 Å². The average molecular weight is 472 g/mol. The lowest BCUT2D eigenvalue weighted by Gasteiger charge is -2.30. The summed E-state index contributed by atoms with van der Waals surface area (Å²) in [5, 5.41) is 13.6. The van der Waals surface area contributed by atoms with Crippen molar-refractivity contribution in [1.82, 2.24) is 5.32 Å². The molecule has 0 saturated heterocycles. The van der Waals surface area contributed by atoms with Crippen molar-refractivity contribution in [3.05, 3.63) is 104 Å². The van der Waals surface area contributed by atoms with Crippen LogP contribution in [0.5, 0.6) is 0 Å². The number of para-hydroxylation sites is 1. The molecule has 1 unspecified atom stereocenters. The molecule has 180 valence electrons. The van der Waals surface area contributed by atoms with Gasteiger partial charge in [-0.25, -0.2) is 4.79 Å². The maximum atomic E-state index is 13.9. The Balaban J connectivity index is 1.96. The van der Waals surface area contributed by atoms with Gasteiger partial charge in [0, 0.05) is 34.2 Å². The molecule has 6 heteroatoms. The highest BCUT2D eigenvalue weighted by Gasteiger charge is 2.38. The van der Waals surface area contributed by atoms with Crippen LogP contribution < -0.4 is 10.7 Å². The third-order valence-electron chi connectivity index (χ3n) is 6.47. The maximum absolute atomic E-state index is 13.9. The minimum Gasteiger partial charge on any atom is -0.478 e. The Bertz CT molecular complexity index is 1480. The summed E-state index contributed by atoms with van der Waals surface area (Å²) in [7, 11) is 0. The van der Waals surface area contributed by atoms with Crippen molar-refractivity contribution in [1.29, 1.82) is 0 Å². The fourth-order valence-electron chi connectivity index (χ4n) is 4.71. The minimum absolute atomic E-state index is 0.0434. The zero-order valence-electron chi connectivity index (χ0n) is 20.8. The molecule has 1 atom stereocenters. The van der Waals surface area contributed by atoms with Crippen LogP contribution in [0.1, 0.15) is 67.8 Å². The quantitative estimate of drug-likeness (QED) is 0.481. The molecule has 6 nitrogen and oxygen atoms in total. The van der Waals surface area contributed by atoms with Crippen LogP contribution in [0.15, 0.2) is 80.3 Å². The van der Waals surface area contributed by atoms with Crippen molar-refractivity contribution in [2.45, 2.75) is 52.9 Å². The normalized spacial score (nSPS) is 16.5. The number of carboxylic acids is 1. The summed E-state index contributed by atoms with van der Waals surface area (Å²) in [4.78, 5) is 39.0. The molecule has 4 rings (SSSR count). The Morgan fingerprint density at radius 2 is 1.57 bits per heavy atom. The van der Waals surface area contributed by atoms with Gasteiger partial charge in [-0.3, -0.25) is 9.59 Å². The first-order chi connectivity index (χ1) is 16.4. The highest BCUT2D eigenvalue weighted by atomic mass is 16.4. The summed E-state index contributed by atoms with van der Waals surface area (Å²) in [5.74, 6) is -1.93. The number of nitrogens with one attached hydrogen (secondary N) is 1. The van der Waals surface area contributed by atoms with Crippen LogP contribution in [-0.4, -0.2) is 16.9 Å². The molecule has 1 aliphatic rings. The monoisotopic (exact) mass is 471 g/mol. The van der Waals surface area contributed by atoms with Crippen molar-refractivity contribution in [3.63, 3.8) is 0 Å². The fourth-order valence-corrected chi connectivity index (χ4v) is 4.71. The summed E-state index contributed by atoms with van der Waals surface area (Å²) in [6.45, 7) is 11.4. The number of Topliss-reactive ketones (excluding diaryl/α,β-unsaturated/α-hetero) is 1. The molecule has 0 aliphatic carbocycles.